The molecule has 96 valence electrons. The molecule has 0 radical (unpaired) electrons. The van der Waals surface area contributed by atoms with E-state index in [-0.39, 0.29) is 0 Å². The van der Waals surface area contributed by atoms with Crippen LogP contribution < -0.4 is 5.32 Å². The van der Waals surface area contributed by atoms with Gasteiger partial charge in [0, 0.05) is 15.5 Å². The third kappa shape index (κ3) is 2.33. The van der Waals surface area contributed by atoms with E-state index in [9.17, 15) is 0 Å². The van der Waals surface area contributed by atoms with E-state index >= 15 is 0 Å². The first kappa shape index (κ1) is 12.5. The van der Waals surface area contributed by atoms with Gasteiger partial charge in [-0.25, -0.2) is 15.0 Å². The largest absolute Gasteiger partial charge is 0.324 e. The number of halogens is 1. The average molecular weight is 335 g/mol. The fraction of sp³-hybridized carbons (Fsp3) is 0.154. The molecule has 0 atom stereocenters. The van der Waals surface area contributed by atoms with Crippen LogP contribution in [0.15, 0.2) is 29.1 Å². The molecule has 3 rings (SSSR count). The zero-order valence-electron chi connectivity index (χ0n) is 10.4. The van der Waals surface area contributed by atoms with E-state index < -0.39 is 0 Å². The van der Waals surface area contributed by atoms with Crippen molar-refractivity contribution >= 4 is 49.1 Å². The third-order valence-corrected chi connectivity index (χ3v) is 4.52. The molecule has 1 N–H and O–H groups in total. The van der Waals surface area contributed by atoms with Crippen molar-refractivity contribution in [3.05, 3.63) is 39.6 Å². The van der Waals surface area contributed by atoms with Crippen molar-refractivity contribution in [2.24, 2.45) is 0 Å². The molecule has 0 aliphatic carbocycles. The maximum absolute atomic E-state index is 4.33. The Kier molecular flexibility index (Phi) is 3.20. The monoisotopic (exact) mass is 334 g/mol. The molecular weight excluding hydrogens is 324 g/mol. The molecule has 0 saturated carbocycles. The topological polar surface area (TPSA) is 50.7 Å². The summed E-state index contributed by atoms with van der Waals surface area (Å²) in [5.74, 6) is 1.58. The number of hydrogen-bond donors (Lipinski definition) is 1. The summed E-state index contributed by atoms with van der Waals surface area (Å²) in [5.41, 5.74) is 1.22. The number of fused-ring (bicyclic) bond motifs is 1. The van der Waals surface area contributed by atoms with E-state index in [4.69, 9.17) is 0 Å². The number of thiophene rings is 1. The van der Waals surface area contributed by atoms with E-state index in [0.29, 0.717) is 0 Å². The summed E-state index contributed by atoms with van der Waals surface area (Å²) in [6.45, 7) is 4.20. The smallest absolute Gasteiger partial charge is 0.144 e. The Morgan fingerprint density at radius 3 is 2.74 bits per heavy atom. The molecule has 6 heteroatoms. The Labute approximate surface area is 123 Å². The normalized spacial score (nSPS) is 10.9. The van der Waals surface area contributed by atoms with Gasteiger partial charge in [0.1, 0.15) is 22.8 Å². The van der Waals surface area contributed by atoms with Crippen LogP contribution >= 0.6 is 27.3 Å². The maximum Gasteiger partial charge on any atom is 0.144 e. The van der Waals surface area contributed by atoms with Crippen molar-refractivity contribution in [1.82, 2.24) is 15.0 Å². The van der Waals surface area contributed by atoms with Crippen molar-refractivity contribution in [3.8, 4) is 0 Å². The van der Waals surface area contributed by atoms with Gasteiger partial charge in [0.2, 0.25) is 0 Å². The fourth-order valence-corrected chi connectivity index (χ4v) is 3.08. The Bertz CT molecular complexity index is 736. The van der Waals surface area contributed by atoms with Crippen molar-refractivity contribution in [2.75, 3.05) is 5.32 Å². The lowest BCUT2D eigenvalue weighted by atomic mass is 10.2. The van der Waals surface area contributed by atoms with Crippen molar-refractivity contribution < 1.29 is 0 Å². The molecule has 3 heterocycles. The maximum atomic E-state index is 4.33. The van der Waals surface area contributed by atoms with E-state index in [2.05, 4.69) is 50.0 Å². The first-order valence-electron chi connectivity index (χ1n) is 5.74. The summed E-state index contributed by atoms with van der Waals surface area (Å²) < 4.78 is 0.952. The molecule has 0 bridgehead atoms. The molecule has 0 aliphatic heterocycles. The van der Waals surface area contributed by atoms with Crippen LogP contribution in [0, 0.1) is 13.8 Å². The lowest BCUT2D eigenvalue weighted by Crippen LogP contribution is -1.97. The van der Waals surface area contributed by atoms with Crippen LogP contribution in [0.2, 0.25) is 0 Å². The Morgan fingerprint density at radius 2 is 2.00 bits per heavy atom. The Balaban J connectivity index is 2.07. The number of pyridine rings is 1. The second kappa shape index (κ2) is 4.86. The van der Waals surface area contributed by atoms with Crippen molar-refractivity contribution in [3.63, 3.8) is 0 Å². The van der Waals surface area contributed by atoms with Gasteiger partial charge in [0.05, 0.1) is 5.39 Å². The van der Waals surface area contributed by atoms with Crippen molar-refractivity contribution in [1.29, 1.82) is 0 Å². The minimum Gasteiger partial charge on any atom is -0.324 e. The minimum atomic E-state index is 0.770. The van der Waals surface area contributed by atoms with E-state index in [1.54, 1.807) is 23.9 Å². The second-order valence-electron chi connectivity index (χ2n) is 4.17. The summed E-state index contributed by atoms with van der Waals surface area (Å²) in [7, 11) is 0. The zero-order valence-corrected chi connectivity index (χ0v) is 12.8. The van der Waals surface area contributed by atoms with Gasteiger partial charge < -0.3 is 5.32 Å². The second-order valence-corrected chi connectivity index (χ2v) is 6.29. The summed E-state index contributed by atoms with van der Waals surface area (Å²) >= 11 is 5.06. The summed E-state index contributed by atoms with van der Waals surface area (Å²) in [6.07, 6.45) is 3.34. The molecule has 0 saturated heterocycles. The van der Waals surface area contributed by atoms with E-state index in [1.165, 1.54) is 10.4 Å². The molecule has 0 aliphatic rings. The lowest BCUT2D eigenvalue weighted by molar-refractivity contribution is 1.20. The number of hydrogen-bond acceptors (Lipinski definition) is 5. The molecule has 0 aromatic carbocycles. The predicted molar refractivity (Wildman–Crippen MR) is 82.1 cm³/mol. The summed E-state index contributed by atoms with van der Waals surface area (Å²) in [4.78, 5) is 15.2. The molecular formula is C13H11BrN4S. The van der Waals surface area contributed by atoms with Crippen LogP contribution in [0.1, 0.15) is 10.4 Å². The molecule has 0 amide bonds. The number of nitrogens with zero attached hydrogens (tertiary/aromatic N) is 3. The van der Waals surface area contributed by atoms with E-state index in [1.807, 2.05) is 12.1 Å². The molecule has 19 heavy (non-hydrogen) atoms. The molecule has 0 fully saturated rings. The highest BCUT2D eigenvalue weighted by Crippen LogP contribution is 2.33. The third-order valence-electron chi connectivity index (χ3n) is 2.94. The molecule has 3 aromatic heterocycles. The molecule has 0 spiro atoms. The molecule has 4 nitrogen and oxygen atoms in total. The first-order valence-corrected chi connectivity index (χ1v) is 7.35. The summed E-state index contributed by atoms with van der Waals surface area (Å²) in [6, 6.07) is 3.85. The van der Waals surface area contributed by atoms with Crippen LogP contribution in [-0.4, -0.2) is 15.0 Å². The van der Waals surface area contributed by atoms with Crippen LogP contribution in [0.5, 0.6) is 0 Å². The number of aryl methyl sites for hydroxylation is 2. The number of rotatable bonds is 2. The SMILES string of the molecule is Cc1sc2ncnc(Nc3ccc(Br)cn3)c2c1C. The number of anilines is 2. The van der Waals surface area contributed by atoms with Gasteiger partial charge >= 0.3 is 0 Å². The predicted octanol–water partition coefficient (Wildman–Crippen LogP) is 4.21. The highest BCUT2D eigenvalue weighted by molar-refractivity contribution is 9.10. The zero-order chi connectivity index (χ0) is 13.4. The standard InChI is InChI=1S/C13H11BrN4S/c1-7-8(2)19-13-11(7)12(16-6-17-13)18-10-4-3-9(14)5-15-10/h3-6H,1-2H3,(H,15,16,17,18). The highest BCUT2D eigenvalue weighted by Gasteiger charge is 2.12. The van der Waals surface area contributed by atoms with Gasteiger partial charge in [-0.1, -0.05) is 0 Å². The first-order chi connectivity index (χ1) is 9.15. The minimum absolute atomic E-state index is 0.770. The lowest BCUT2D eigenvalue weighted by Gasteiger charge is -2.06. The summed E-state index contributed by atoms with van der Waals surface area (Å²) in [5, 5.41) is 4.33. The fourth-order valence-electron chi connectivity index (χ4n) is 1.85. The van der Waals surface area contributed by atoms with Crippen LogP contribution in [0.25, 0.3) is 10.2 Å². The van der Waals surface area contributed by atoms with Gasteiger partial charge in [-0.05, 0) is 47.5 Å². The van der Waals surface area contributed by atoms with Crippen LogP contribution in [0.4, 0.5) is 11.6 Å². The highest BCUT2D eigenvalue weighted by atomic mass is 79.9. The Hall–Kier alpha value is -1.53. The Morgan fingerprint density at radius 1 is 1.16 bits per heavy atom. The number of nitrogens with one attached hydrogen (secondary N) is 1. The van der Waals surface area contributed by atoms with Crippen LogP contribution in [0.3, 0.4) is 0 Å². The van der Waals surface area contributed by atoms with Crippen LogP contribution in [-0.2, 0) is 0 Å². The number of aromatic nitrogens is 3. The van der Waals surface area contributed by atoms with Gasteiger partial charge in [0.25, 0.3) is 0 Å². The quantitative estimate of drug-likeness (QED) is 0.762. The molecule has 0 unspecified atom stereocenters. The van der Waals surface area contributed by atoms with Gasteiger partial charge in [-0.2, -0.15) is 0 Å². The van der Waals surface area contributed by atoms with Gasteiger partial charge in [-0.3, -0.25) is 0 Å². The van der Waals surface area contributed by atoms with Crippen molar-refractivity contribution in [2.45, 2.75) is 13.8 Å². The van der Waals surface area contributed by atoms with Gasteiger partial charge in [-0.15, -0.1) is 11.3 Å². The van der Waals surface area contributed by atoms with E-state index in [0.717, 1.165) is 26.3 Å². The molecule has 3 aromatic rings. The van der Waals surface area contributed by atoms with Gasteiger partial charge in [0.15, 0.2) is 0 Å². The average Bonchev–Trinajstić information content (AvgIpc) is 2.69.